The van der Waals surface area contributed by atoms with Crippen LogP contribution >= 0.6 is 24.0 Å². The number of benzene rings is 1. The molecule has 1 aromatic carbocycles. The van der Waals surface area contributed by atoms with Gasteiger partial charge in [-0.25, -0.2) is 0 Å². The first kappa shape index (κ1) is 20.1. The van der Waals surface area contributed by atoms with E-state index in [1.54, 1.807) is 0 Å². The molecule has 1 aromatic rings. The van der Waals surface area contributed by atoms with Crippen LogP contribution in [0.25, 0.3) is 0 Å². The average molecular weight is 431 g/mol. The number of hydrogen-bond donors (Lipinski definition) is 1. The summed E-state index contributed by atoms with van der Waals surface area (Å²) in [5.41, 5.74) is 0. The van der Waals surface area contributed by atoms with Gasteiger partial charge >= 0.3 is 0 Å². The Labute approximate surface area is 157 Å². The highest BCUT2D eigenvalue weighted by atomic mass is 127. The second-order valence-electron chi connectivity index (χ2n) is 5.80. The first-order valence-electron chi connectivity index (χ1n) is 8.50. The van der Waals surface area contributed by atoms with Gasteiger partial charge in [-0.1, -0.05) is 38.0 Å². The summed E-state index contributed by atoms with van der Waals surface area (Å²) in [7, 11) is 1.87. The largest absolute Gasteiger partial charge is 0.490 e. The van der Waals surface area contributed by atoms with Crippen molar-refractivity contribution in [1.82, 2.24) is 10.2 Å². The third-order valence-corrected chi connectivity index (χ3v) is 4.06. The van der Waals surface area contributed by atoms with Crippen molar-refractivity contribution in [3.8, 4) is 5.75 Å². The lowest BCUT2D eigenvalue weighted by atomic mass is 10.1. The molecule has 0 saturated carbocycles. The Hall–Kier alpha value is -0.980. The highest BCUT2D eigenvalue weighted by molar-refractivity contribution is 14.0. The predicted octanol–water partition coefficient (Wildman–Crippen LogP) is 3.91. The predicted molar refractivity (Wildman–Crippen MR) is 108 cm³/mol. The molecular weight excluding hydrogens is 401 g/mol. The fraction of sp³-hybridized carbons (Fsp3) is 0.611. The van der Waals surface area contributed by atoms with E-state index < -0.39 is 0 Å². The van der Waals surface area contributed by atoms with Crippen molar-refractivity contribution >= 4 is 29.9 Å². The molecule has 1 aliphatic rings. The van der Waals surface area contributed by atoms with Gasteiger partial charge in [0.2, 0.25) is 0 Å². The van der Waals surface area contributed by atoms with Gasteiger partial charge in [-0.3, -0.25) is 4.99 Å². The van der Waals surface area contributed by atoms with Crippen molar-refractivity contribution in [2.45, 2.75) is 45.1 Å². The van der Waals surface area contributed by atoms with Crippen LogP contribution in [0.3, 0.4) is 0 Å². The number of ether oxygens (including phenoxy) is 1. The van der Waals surface area contributed by atoms with Crippen LogP contribution in [0.1, 0.15) is 39.0 Å². The number of hydrogen-bond acceptors (Lipinski definition) is 2. The van der Waals surface area contributed by atoms with E-state index in [2.05, 4.69) is 22.1 Å². The maximum Gasteiger partial charge on any atom is 0.193 e. The first-order valence-corrected chi connectivity index (χ1v) is 8.50. The lowest BCUT2D eigenvalue weighted by Crippen LogP contribution is -2.47. The Kier molecular flexibility index (Phi) is 10.1. The van der Waals surface area contributed by atoms with E-state index in [-0.39, 0.29) is 24.0 Å². The summed E-state index contributed by atoms with van der Waals surface area (Å²) in [5, 5.41) is 3.47. The highest BCUT2D eigenvalue weighted by Gasteiger charge is 2.22. The maximum absolute atomic E-state index is 6.04. The number of para-hydroxylation sites is 1. The van der Waals surface area contributed by atoms with Crippen molar-refractivity contribution in [3.63, 3.8) is 0 Å². The van der Waals surface area contributed by atoms with Gasteiger partial charge in [0.15, 0.2) is 5.96 Å². The van der Waals surface area contributed by atoms with Crippen LogP contribution in [0, 0.1) is 0 Å². The lowest BCUT2D eigenvalue weighted by molar-refractivity contribution is 0.129. The summed E-state index contributed by atoms with van der Waals surface area (Å²) >= 11 is 0. The van der Waals surface area contributed by atoms with Crippen molar-refractivity contribution < 1.29 is 4.74 Å². The van der Waals surface area contributed by atoms with Gasteiger partial charge < -0.3 is 15.0 Å². The number of piperidine rings is 1. The molecule has 130 valence electrons. The maximum atomic E-state index is 6.04. The van der Waals surface area contributed by atoms with Crippen LogP contribution in [-0.4, -0.2) is 43.6 Å². The van der Waals surface area contributed by atoms with E-state index in [4.69, 9.17) is 4.74 Å². The molecule has 4 nitrogen and oxygen atoms in total. The normalized spacial score (nSPS) is 15.9. The molecule has 2 rings (SSSR count). The summed E-state index contributed by atoms with van der Waals surface area (Å²) < 4.78 is 6.04. The van der Waals surface area contributed by atoms with E-state index in [9.17, 15) is 0 Å². The molecule has 0 atom stereocenters. The monoisotopic (exact) mass is 431 g/mol. The molecule has 0 aliphatic carbocycles. The van der Waals surface area contributed by atoms with E-state index in [0.29, 0.717) is 6.10 Å². The molecule has 1 fully saturated rings. The molecule has 1 aliphatic heterocycles. The molecule has 0 bridgehead atoms. The smallest absolute Gasteiger partial charge is 0.193 e. The minimum atomic E-state index is 0. The van der Waals surface area contributed by atoms with Gasteiger partial charge in [0, 0.05) is 39.5 Å². The second kappa shape index (κ2) is 11.5. The van der Waals surface area contributed by atoms with Gasteiger partial charge in [-0.15, -0.1) is 24.0 Å². The fourth-order valence-electron chi connectivity index (χ4n) is 2.78. The molecule has 0 unspecified atom stereocenters. The Morgan fingerprint density at radius 2 is 1.91 bits per heavy atom. The van der Waals surface area contributed by atoms with E-state index in [0.717, 1.165) is 44.2 Å². The van der Waals surface area contributed by atoms with Gasteiger partial charge in [-0.2, -0.15) is 0 Å². The Morgan fingerprint density at radius 3 is 2.52 bits per heavy atom. The Bertz CT molecular complexity index is 445. The van der Waals surface area contributed by atoms with Gasteiger partial charge in [0.1, 0.15) is 11.9 Å². The first-order chi connectivity index (χ1) is 10.8. The zero-order valence-corrected chi connectivity index (χ0v) is 16.7. The summed E-state index contributed by atoms with van der Waals surface area (Å²) in [4.78, 5) is 6.75. The van der Waals surface area contributed by atoms with Crippen LogP contribution in [0.5, 0.6) is 5.75 Å². The summed E-state index contributed by atoms with van der Waals surface area (Å²) in [5.74, 6) is 2.01. The van der Waals surface area contributed by atoms with Crippen LogP contribution < -0.4 is 10.1 Å². The Balaban J connectivity index is 0.00000264. The second-order valence-corrected chi connectivity index (χ2v) is 5.80. The summed E-state index contributed by atoms with van der Waals surface area (Å²) in [6, 6.07) is 10.1. The Morgan fingerprint density at radius 1 is 1.22 bits per heavy atom. The van der Waals surface area contributed by atoms with Crippen molar-refractivity contribution in [2.24, 2.45) is 4.99 Å². The van der Waals surface area contributed by atoms with Crippen molar-refractivity contribution in [2.75, 3.05) is 26.7 Å². The molecule has 0 spiro atoms. The zero-order chi connectivity index (χ0) is 15.6. The number of aliphatic imine (C=N–C) groups is 1. The molecule has 0 amide bonds. The van der Waals surface area contributed by atoms with E-state index in [1.807, 2.05) is 37.4 Å². The molecule has 0 aromatic heterocycles. The standard InChI is InChI=1S/C18H29N3O.HI/c1-3-4-8-13-20-18(19-2)21-14-11-17(12-15-21)22-16-9-6-5-7-10-16;/h5-7,9-10,17H,3-4,8,11-15H2,1-2H3,(H,19,20);1H. The van der Waals surface area contributed by atoms with Crippen LogP contribution in [0.2, 0.25) is 0 Å². The van der Waals surface area contributed by atoms with Gasteiger partial charge in [-0.05, 0) is 18.6 Å². The number of nitrogens with one attached hydrogen (secondary N) is 1. The highest BCUT2D eigenvalue weighted by Crippen LogP contribution is 2.18. The van der Waals surface area contributed by atoms with Gasteiger partial charge in [0.25, 0.3) is 0 Å². The minimum absolute atomic E-state index is 0. The average Bonchev–Trinajstić information content (AvgIpc) is 2.57. The number of halogens is 1. The molecular formula is C18H30IN3O. The minimum Gasteiger partial charge on any atom is -0.490 e. The number of guanidine groups is 1. The van der Waals surface area contributed by atoms with Crippen molar-refractivity contribution in [1.29, 1.82) is 0 Å². The molecule has 23 heavy (non-hydrogen) atoms. The molecule has 1 saturated heterocycles. The third kappa shape index (κ3) is 6.97. The van der Waals surface area contributed by atoms with Crippen LogP contribution in [0.15, 0.2) is 35.3 Å². The zero-order valence-electron chi connectivity index (χ0n) is 14.3. The number of likely N-dealkylation sites (tertiary alicyclic amines) is 1. The molecule has 1 N–H and O–H groups in total. The molecule has 5 heteroatoms. The number of nitrogens with zero attached hydrogens (tertiary/aromatic N) is 2. The fourth-order valence-corrected chi connectivity index (χ4v) is 2.78. The lowest BCUT2D eigenvalue weighted by Gasteiger charge is -2.34. The summed E-state index contributed by atoms with van der Waals surface area (Å²) in [6.07, 6.45) is 6.15. The molecule has 0 radical (unpaired) electrons. The molecule has 1 heterocycles. The van der Waals surface area contributed by atoms with Crippen LogP contribution in [0.4, 0.5) is 0 Å². The number of unbranched alkanes of at least 4 members (excludes halogenated alkanes) is 2. The third-order valence-electron chi connectivity index (χ3n) is 4.06. The van der Waals surface area contributed by atoms with E-state index >= 15 is 0 Å². The number of rotatable bonds is 6. The van der Waals surface area contributed by atoms with E-state index in [1.165, 1.54) is 19.3 Å². The summed E-state index contributed by atoms with van der Waals surface area (Å²) in [6.45, 7) is 5.25. The van der Waals surface area contributed by atoms with Crippen LogP contribution in [-0.2, 0) is 0 Å². The van der Waals surface area contributed by atoms with Crippen molar-refractivity contribution in [3.05, 3.63) is 30.3 Å². The SMILES string of the molecule is CCCCCNC(=NC)N1CCC(Oc2ccccc2)CC1.I. The van der Waals surface area contributed by atoms with Gasteiger partial charge in [0.05, 0.1) is 0 Å². The quantitative estimate of drug-likeness (QED) is 0.321. The topological polar surface area (TPSA) is 36.9 Å².